The molecule has 0 heterocycles. The molecule has 1 aliphatic carbocycles. The van der Waals surface area contributed by atoms with E-state index in [-0.39, 0.29) is 0 Å². The van der Waals surface area contributed by atoms with Crippen molar-refractivity contribution in [1.29, 1.82) is 0 Å². The molecule has 1 atom stereocenters. The normalized spacial score (nSPS) is 18.5. The van der Waals surface area contributed by atoms with Crippen LogP contribution >= 0.6 is 0 Å². The molecule has 2 rings (SSSR count). The summed E-state index contributed by atoms with van der Waals surface area (Å²) in [6.45, 7) is 1.42. The fraction of sp³-hybridized carbons (Fsp3) is 0.588. The molecule has 4 nitrogen and oxygen atoms in total. The number of hydrogen-bond donors (Lipinski definition) is 1. The molecule has 5 heteroatoms. The highest BCUT2D eigenvalue weighted by Gasteiger charge is 2.44. The maximum Gasteiger partial charge on any atom is 0.314 e. The first-order valence-electron chi connectivity index (χ1n) is 7.60. The van der Waals surface area contributed by atoms with Crippen LogP contribution in [0.15, 0.2) is 12.1 Å². The number of benzene rings is 1. The summed E-state index contributed by atoms with van der Waals surface area (Å²) >= 11 is 0. The largest absolute Gasteiger partial charge is 0.496 e. The van der Waals surface area contributed by atoms with Crippen LogP contribution in [0.2, 0.25) is 0 Å². The quantitative estimate of drug-likeness (QED) is 0.892. The van der Waals surface area contributed by atoms with Gasteiger partial charge in [-0.05, 0) is 31.9 Å². The third-order valence-corrected chi connectivity index (χ3v) is 4.61. The van der Waals surface area contributed by atoms with Gasteiger partial charge in [0, 0.05) is 11.1 Å². The van der Waals surface area contributed by atoms with Crippen molar-refractivity contribution in [3.05, 3.63) is 23.3 Å². The second-order valence-corrected chi connectivity index (χ2v) is 5.86. The molecule has 1 aromatic rings. The van der Waals surface area contributed by atoms with Gasteiger partial charge >= 0.3 is 5.97 Å². The third-order valence-electron chi connectivity index (χ3n) is 4.61. The highest BCUT2D eigenvalue weighted by Crippen LogP contribution is 2.46. The monoisotopic (exact) mass is 310 g/mol. The van der Waals surface area contributed by atoms with E-state index in [0.29, 0.717) is 35.5 Å². The van der Waals surface area contributed by atoms with Crippen LogP contribution in [-0.4, -0.2) is 25.3 Å². The highest BCUT2D eigenvalue weighted by atomic mass is 19.1. The van der Waals surface area contributed by atoms with E-state index in [1.165, 1.54) is 21.1 Å². The van der Waals surface area contributed by atoms with E-state index in [9.17, 15) is 14.3 Å². The smallest absolute Gasteiger partial charge is 0.314 e. The summed E-state index contributed by atoms with van der Waals surface area (Å²) in [6, 6.07) is 3.21. The van der Waals surface area contributed by atoms with Gasteiger partial charge in [0.1, 0.15) is 17.7 Å². The Morgan fingerprint density at radius 1 is 1.18 bits per heavy atom. The summed E-state index contributed by atoms with van der Waals surface area (Å²) in [6.07, 6.45) is 2.66. The fourth-order valence-corrected chi connectivity index (χ4v) is 3.36. The number of alkyl halides is 1. The molecule has 1 aliphatic rings. The van der Waals surface area contributed by atoms with E-state index in [2.05, 4.69) is 0 Å². The summed E-state index contributed by atoms with van der Waals surface area (Å²) < 4.78 is 24.4. The molecular weight excluding hydrogens is 287 g/mol. The van der Waals surface area contributed by atoms with Crippen LogP contribution in [0.1, 0.15) is 56.3 Å². The average molecular weight is 310 g/mol. The van der Waals surface area contributed by atoms with Crippen molar-refractivity contribution in [3.63, 3.8) is 0 Å². The Balaban J connectivity index is 2.64. The second-order valence-electron chi connectivity index (χ2n) is 5.86. The Labute approximate surface area is 130 Å². The third kappa shape index (κ3) is 2.76. The van der Waals surface area contributed by atoms with Crippen LogP contribution < -0.4 is 9.47 Å². The topological polar surface area (TPSA) is 55.8 Å². The van der Waals surface area contributed by atoms with Crippen LogP contribution in [0.3, 0.4) is 0 Å². The Morgan fingerprint density at radius 2 is 1.77 bits per heavy atom. The number of rotatable bonds is 5. The summed E-state index contributed by atoms with van der Waals surface area (Å²) in [5, 5.41) is 9.83. The molecule has 1 saturated carbocycles. The molecule has 0 aromatic heterocycles. The van der Waals surface area contributed by atoms with Crippen molar-refractivity contribution in [1.82, 2.24) is 0 Å². The molecule has 1 fully saturated rings. The predicted molar refractivity (Wildman–Crippen MR) is 81.5 cm³/mol. The zero-order valence-electron chi connectivity index (χ0n) is 13.3. The van der Waals surface area contributed by atoms with Crippen molar-refractivity contribution in [2.24, 2.45) is 0 Å². The van der Waals surface area contributed by atoms with Gasteiger partial charge in [-0.3, -0.25) is 4.79 Å². The number of methoxy groups -OCH3 is 2. The zero-order valence-corrected chi connectivity index (χ0v) is 13.3. The van der Waals surface area contributed by atoms with E-state index in [1.54, 1.807) is 12.1 Å². The predicted octanol–water partition coefficient (Wildman–Crippen LogP) is 4.02. The molecular formula is C17H23FO4. The number of halogens is 1. The van der Waals surface area contributed by atoms with Crippen molar-refractivity contribution in [2.45, 2.75) is 50.6 Å². The number of carboxylic acids is 1. The van der Waals surface area contributed by atoms with Gasteiger partial charge < -0.3 is 14.6 Å². The molecule has 0 bridgehead atoms. The lowest BCUT2D eigenvalue weighted by molar-refractivity contribution is -0.145. The maximum absolute atomic E-state index is 13.8. The average Bonchev–Trinajstić information content (AvgIpc) is 2.53. The minimum atomic E-state index is -1.22. The van der Waals surface area contributed by atoms with Gasteiger partial charge in [-0.15, -0.1) is 0 Å². The SMILES string of the molecule is COc1cc(C2(C(=O)O)CCCCC2)c(OC)cc1C(C)F. The van der Waals surface area contributed by atoms with Crippen LogP contribution in [-0.2, 0) is 10.2 Å². The van der Waals surface area contributed by atoms with Crippen LogP contribution in [0.5, 0.6) is 11.5 Å². The second kappa shape index (κ2) is 6.55. The van der Waals surface area contributed by atoms with Crippen LogP contribution in [0.4, 0.5) is 4.39 Å². The summed E-state index contributed by atoms with van der Waals surface area (Å²) in [5.74, 6) is -0.0600. The highest BCUT2D eigenvalue weighted by molar-refractivity contribution is 5.83. The first-order valence-corrected chi connectivity index (χ1v) is 7.60. The van der Waals surface area contributed by atoms with Gasteiger partial charge in [-0.25, -0.2) is 4.39 Å². The molecule has 0 radical (unpaired) electrons. The van der Waals surface area contributed by atoms with Gasteiger partial charge in [-0.2, -0.15) is 0 Å². The van der Waals surface area contributed by atoms with Crippen LogP contribution in [0.25, 0.3) is 0 Å². The lowest BCUT2D eigenvalue weighted by atomic mass is 9.69. The Bertz CT molecular complexity index is 548. The van der Waals surface area contributed by atoms with Crippen molar-refractivity contribution in [2.75, 3.05) is 14.2 Å². The van der Waals surface area contributed by atoms with E-state index < -0.39 is 17.6 Å². The molecule has 1 unspecified atom stereocenters. The van der Waals surface area contributed by atoms with Gasteiger partial charge in [-0.1, -0.05) is 19.3 Å². The first kappa shape index (κ1) is 16.6. The lowest BCUT2D eigenvalue weighted by Gasteiger charge is -2.35. The maximum atomic E-state index is 13.8. The molecule has 122 valence electrons. The summed E-state index contributed by atoms with van der Waals surface area (Å²) in [7, 11) is 2.95. The van der Waals surface area contributed by atoms with Crippen molar-refractivity contribution >= 4 is 5.97 Å². The number of hydrogen-bond acceptors (Lipinski definition) is 3. The number of ether oxygens (including phenoxy) is 2. The van der Waals surface area contributed by atoms with Gasteiger partial charge in [0.2, 0.25) is 0 Å². The van der Waals surface area contributed by atoms with E-state index in [4.69, 9.17) is 9.47 Å². The molecule has 1 N–H and O–H groups in total. The van der Waals surface area contributed by atoms with Gasteiger partial charge in [0.25, 0.3) is 0 Å². The Morgan fingerprint density at radius 3 is 2.23 bits per heavy atom. The van der Waals surface area contributed by atoms with Gasteiger partial charge in [0.05, 0.1) is 19.6 Å². The van der Waals surface area contributed by atoms with E-state index in [1.807, 2.05) is 0 Å². The number of aliphatic carboxylic acids is 1. The Kier molecular flexibility index (Phi) is 4.94. The molecule has 22 heavy (non-hydrogen) atoms. The van der Waals surface area contributed by atoms with Gasteiger partial charge in [0.15, 0.2) is 0 Å². The van der Waals surface area contributed by atoms with E-state index >= 15 is 0 Å². The molecule has 1 aromatic carbocycles. The summed E-state index contributed by atoms with van der Waals surface area (Å²) in [4.78, 5) is 12.0. The fourth-order valence-electron chi connectivity index (χ4n) is 3.36. The number of carbonyl (C=O) groups is 1. The molecule has 0 saturated heterocycles. The zero-order chi connectivity index (χ0) is 16.3. The Hall–Kier alpha value is -1.78. The van der Waals surface area contributed by atoms with E-state index in [0.717, 1.165) is 19.3 Å². The number of carboxylic acid groups (broad SMARTS) is 1. The van der Waals surface area contributed by atoms with Crippen molar-refractivity contribution < 1.29 is 23.8 Å². The first-order chi connectivity index (χ1) is 10.5. The molecule has 0 amide bonds. The van der Waals surface area contributed by atoms with Crippen molar-refractivity contribution in [3.8, 4) is 11.5 Å². The van der Waals surface area contributed by atoms with Crippen LogP contribution in [0, 0.1) is 0 Å². The minimum absolute atomic E-state index is 0.372. The molecule has 0 spiro atoms. The lowest BCUT2D eigenvalue weighted by Crippen LogP contribution is -2.38. The minimum Gasteiger partial charge on any atom is -0.496 e. The summed E-state index contributed by atoms with van der Waals surface area (Å²) in [5.41, 5.74) is -0.0162. The standard InChI is InChI=1S/C17H23FO4/c1-11(18)12-9-15(22-3)13(10-14(12)21-2)17(16(19)20)7-5-4-6-8-17/h9-11H,4-8H2,1-3H3,(H,19,20). The molecule has 0 aliphatic heterocycles.